The van der Waals surface area contributed by atoms with E-state index in [1.165, 1.54) is 0 Å². The van der Waals surface area contributed by atoms with Gasteiger partial charge in [0.2, 0.25) is 11.8 Å². The molecular formula is C21H29N3O2S. The molecule has 1 atom stereocenters. The molecule has 146 valence electrons. The first-order chi connectivity index (χ1) is 12.7. The zero-order valence-electron chi connectivity index (χ0n) is 16.8. The van der Waals surface area contributed by atoms with Gasteiger partial charge in [0.15, 0.2) is 0 Å². The van der Waals surface area contributed by atoms with Crippen molar-refractivity contribution in [3.8, 4) is 10.4 Å². The second-order valence-electron chi connectivity index (χ2n) is 7.95. The van der Waals surface area contributed by atoms with Crippen LogP contribution in [0.5, 0.6) is 0 Å². The largest absolute Gasteiger partial charge is 0.350 e. The summed E-state index contributed by atoms with van der Waals surface area (Å²) >= 11 is 1.62. The van der Waals surface area contributed by atoms with Crippen LogP contribution in [0.3, 0.4) is 0 Å². The van der Waals surface area contributed by atoms with E-state index in [0.717, 1.165) is 21.7 Å². The van der Waals surface area contributed by atoms with Crippen molar-refractivity contribution in [1.82, 2.24) is 15.6 Å². The third kappa shape index (κ3) is 6.47. The van der Waals surface area contributed by atoms with Crippen LogP contribution < -0.4 is 10.6 Å². The van der Waals surface area contributed by atoms with Gasteiger partial charge in [-0.1, -0.05) is 52.0 Å². The predicted molar refractivity (Wildman–Crippen MR) is 110 cm³/mol. The minimum absolute atomic E-state index is 0.0891. The van der Waals surface area contributed by atoms with E-state index >= 15 is 0 Å². The summed E-state index contributed by atoms with van der Waals surface area (Å²) in [5.74, 6) is -0.240. The van der Waals surface area contributed by atoms with Gasteiger partial charge in [-0.2, -0.15) is 0 Å². The number of carbonyl (C=O) groups excluding carboxylic acids is 2. The highest BCUT2D eigenvalue weighted by atomic mass is 32.1. The molecule has 0 aliphatic rings. The number of rotatable bonds is 7. The maximum absolute atomic E-state index is 12.4. The van der Waals surface area contributed by atoms with Crippen molar-refractivity contribution in [3.05, 3.63) is 41.0 Å². The monoisotopic (exact) mass is 387 g/mol. The number of hydrogen-bond donors (Lipinski definition) is 2. The number of nitrogens with one attached hydrogen (secondary N) is 2. The molecular weight excluding hydrogens is 358 g/mol. The first-order valence-corrected chi connectivity index (χ1v) is 10.1. The molecule has 1 aromatic heterocycles. The van der Waals surface area contributed by atoms with Crippen LogP contribution in [0.25, 0.3) is 10.4 Å². The molecule has 0 aliphatic heterocycles. The topological polar surface area (TPSA) is 71.1 Å². The molecule has 0 spiro atoms. The molecule has 0 fully saturated rings. The Morgan fingerprint density at radius 3 is 2.37 bits per heavy atom. The molecule has 0 bridgehead atoms. The SMILES string of the molecule is CCC(NC(=O)CC(C)(C)C)C(=O)NCc1ccc(-c2scnc2C)cc1. The average Bonchev–Trinajstić information content (AvgIpc) is 3.02. The zero-order valence-corrected chi connectivity index (χ0v) is 17.6. The van der Waals surface area contributed by atoms with Crippen LogP contribution in [0.1, 0.15) is 51.8 Å². The number of benzene rings is 1. The van der Waals surface area contributed by atoms with Gasteiger partial charge in [0.1, 0.15) is 6.04 Å². The zero-order chi connectivity index (χ0) is 20.0. The Morgan fingerprint density at radius 1 is 1.19 bits per heavy atom. The molecule has 2 aromatic rings. The fraction of sp³-hybridized carbons (Fsp3) is 0.476. The van der Waals surface area contributed by atoms with Crippen molar-refractivity contribution in [2.75, 3.05) is 0 Å². The number of nitrogens with zero attached hydrogens (tertiary/aromatic N) is 1. The van der Waals surface area contributed by atoms with E-state index in [-0.39, 0.29) is 17.2 Å². The lowest BCUT2D eigenvalue weighted by Gasteiger charge is -2.21. The smallest absolute Gasteiger partial charge is 0.242 e. The molecule has 2 N–H and O–H groups in total. The second kappa shape index (κ2) is 9.13. The second-order valence-corrected chi connectivity index (χ2v) is 8.80. The molecule has 2 amide bonds. The number of amides is 2. The summed E-state index contributed by atoms with van der Waals surface area (Å²) in [6, 6.07) is 7.61. The van der Waals surface area contributed by atoms with Crippen LogP contribution in [0.2, 0.25) is 0 Å². The molecule has 1 heterocycles. The molecule has 0 saturated carbocycles. The highest BCUT2D eigenvalue weighted by Gasteiger charge is 2.22. The third-order valence-corrected chi connectivity index (χ3v) is 5.16. The average molecular weight is 388 g/mol. The molecule has 6 heteroatoms. The predicted octanol–water partition coefficient (Wildman–Crippen LogP) is 4.07. The summed E-state index contributed by atoms with van der Waals surface area (Å²) in [4.78, 5) is 29.9. The minimum atomic E-state index is -0.501. The van der Waals surface area contributed by atoms with Crippen LogP contribution in [0.15, 0.2) is 29.8 Å². The van der Waals surface area contributed by atoms with E-state index in [4.69, 9.17) is 0 Å². The van der Waals surface area contributed by atoms with Crippen molar-refractivity contribution in [2.24, 2.45) is 5.41 Å². The number of hydrogen-bond acceptors (Lipinski definition) is 4. The lowest BCUT2D eigenvalue weighted by atomic mass is 9.92. The van der Waals surface area contributed by atoms with Gasteiger partial charge < -0.3 is 10.6 Å². The third-order valence-electron chi connectivity index (χ3n) is 4.18. The van der Waals surface area contributed by atoms with Gasteiger partial charge in [0.05, 0.1) is 16.1 Å². The Hall–Kier alpha value is -2.21. The number of aryl methyl sites for hydroxylation is 1. The van der Waals surface area contributed by atoms with Gasteiger partial charge in [-0.15, -0.1) is 11.3 Å². The Labute approximate surface area is 165 Å². The van der Waals surface area contributed by atoms with Crippen LogP contribution in [0, 0.1) is 12.3 Å². The minimum Gasteiger partial charge on any atom is -0.350 e. The molecule has 27 heavy (non-hydrogen) atoms. The summed E-state index contributed by atoms with van der Waals surface area (Å²) < 4.78 is 0. The van der Waals surface area contributed by atoms with Crippen LogP contribution in [0.4, 0.5) is 0 Å². The first kappa shape index (κ1) is 21.1. The van der Waals surface area contributed by atoms with Crippen molar-refractivity contribution in [3.63, 3.8) is 0 Å². The van der Waals surface area contributed by atoms with Crippen molar-refractivity contribution in [1.29, 1.82) is 0 Å². The normalized spacial score (nSPS) is 12.5. The highest BCUT2D eigenvalue weighted by Crippen LogP contribution is 2.27. The molecule has 2 rings (SSSR count). The summed E-state index contributed by atoms with van der Waals surface area (Å²) in [6.07, 6.45) is 0.959. The molecule has 5 nitrogen and oxygen atoms in total. The molecule has 0 saturated heterocycles. The summed E-state index contributed by atoms with van der Waals surface area (Å²) in [7, 11) is 0. The maximum atomic E-state index is 12.4. The molecule has 1 unspecified atom stereocenters. The Balaban J connectivity index is 1.90. The summed E-state index contributed by atoms with van der Waals surface area (Å²) in [5, 5.41) is 5.76. The van der Waals surface area contributed by atoms with Crippen molar-refractivity contribution >= 4 is 23.2 Å². The maximum Gasteiger partial charge on any atom is 0.242 e. The summed E-state index contributed by atoms with van der Waals surface area (Å²) in [6.45, 7) is 10.3. The van der Waals surface area contributed by atoms with Gasteiger partial charge >= 0.3 is 0 Å². The number of thiazole rings is 1. The highest BCUT2D eigenvalue weighted by molar-refractivity contribution is 7.13. The molecule has 0 radical (unpaired) electrons. The molecule has 1 aromatic carbocycles. The standard InChI is InChI=1S/C21H29N3O2S/c1-6-17(24-18(25)11-21(3,4)5)20(26)22-12-15-7-9-16(10-8-15)19-14(2)23-13-27-19/h7-10,13,17H,6,11-12H2,1-5H3,(H,22,26)(H,24,25). The van der Waals surface area contributed by atoms with Gasteiger partial charge in [-0.05, 0) is 29.9 Å². The number of aromatic nitrogens is 1. The number of carbonyl (C=O) groups is 2. The van der Waals surface area contributed by atoms with Gasteiger partial charge in [0, 0.05) is 13.0 Å². The van der Waals surface area contributed by atoms with Crippen molar-refractivity contribution in [2.45, 2.75) is 60.0 Å². The van der Waals surface area contributed by atoms with Gasteiger partial charge in [-0.25, -0.2) is 4.98 Å². The Kier molecular flexibility index (Phi) is 7.13. The lowest BCUT2D eigenvalue weighted by Crippen LogP contribution is -2.46. The first-order valence-electron chi connectivity index (χ1n) is 9.26. The fourth-order valence-electron chi connectivity index (χ4n) is 2.75. The van der Waals surface area contributed by atoms with E-state index in [1.54, 1.807) is 11.3 Å². The quantitative estimate of drug-likeness (QED) is 0.752. The van der Waals surface area contributed by atoms with Crippen molar-refractivity contribution < 1.29 is 9.59 Å². The Morgan fingerprint density at radius 2 is 1.85 bits per heavy atom. The van der Waals surface area contributed by atoms with Gasteiger partial charge in [0.25, 0.3) is 0 Å². The Bertz CT molecular complexity index is 775. The molecule has 0 aliphatic carbocycles. The lowest BCUT2D eigenvalue weighted by molar-refractivity contribution is -0.130. The summed E-state index contributed by atoms with van der Waals surface area (Å²) in [5.41, 5.74) is 4.92. The van der Waals surface area contributed by atoms with Crippen LogP contribution in [-0.4, -0.2) is 22.8 Å². The van der Waals surface area contributed by atoms with E-state index < -0.39 is 6.04 Å². The van der Waals surface area contributed by atoms with Crippen LogP contribution >= 0.6 is 11.3 Å². The van der Waals surface area contributed by atoms with Gasteiger partial charge in [-0.3, -0.25) is 9.59 Å². The van der Waals surface area contributed by atoms with E-state index in [2.05, 4.69) is 15.6 Å². The van der Waals surface area contributed by atoms with Crippen LogP contribution in [-0.2, 0) is 16.1 Å². The van der Waals surface area contributed by atoms with E-state index in [9.17, 15) is 9.59 Å². The van der Waals surface area contributed by atoms with E-state index in [1.807, 2.05) is 64.4 Å². The van der Waals surface area contributed by atoms with E-state index in [0.29, 0.717) is 19.4 Å². The fourth-order valence-corrected chi connectivity index (χ4v) is 3.56.